The first kappa shape index (κ1) is 14.8. The second-order valence-corrected chi connectivity index (χ2v) is 7.29. The van der Waals surface area contributed by atoms with Crippen LogP contribution in [0, 0.1) is 0 Å². The average molecular weight is 281 g/mol. The van der Waals surface area contributed by atoms with Crippen LogP contribution in [0.25, 0.3) is 0 Å². The van der Waals surface area contributed by atoms with Crippen LogP contribution in [-0.4, -0.2) is 29.7 Å². The number of hydrogen-bond acceptors (Lipinski definition) is 4. The number of piperidine rings is 1. The van der Waals surface area contributed by atoms with E-state index in [4.69, 9.17) is 4.98 Å². The third-order valence-corrected chi connectivity index (χ3v) is 4.57. The lowest BCUT2D eigenvalue weighted by atomic mass is 10.0. The van der Waals surface area contributed by atoms with E-state index in [9.17, 15) is 0 Å². The number of thiazole rings is 1. The molecule has 0 radical (unpaired) electrons. The third-order valence-electron chi connectivity index (χ3n) is 3.64. The van der Waals surface area contributed by atoms with Gasteiger partial charge in [0.1, 0.15) is 0 Å². The van der Waals surface area contributed by atoms with Crippen molar-refractivity contribution < 1.29 is 0 Å². The van der Waals surface area contributed by atoms with Crippen molar-refractivity contribution in [3.05, 3.63) is 11.1 Å². The molecule has 0 aliphatic carbocycles. The molecule has 0 saturated carbocycles. The number of rotatable bonds is 4. The molecule has 3 nitrogen and oxygen atoms in total. The Bertz CT molecular complexity index is 394. The van der Waals surface area contributed by atoms with Crippen molar-refractivity contribution in [3.63, 3.8) is 0 Å². The molecule has 19 heavy (non-hydrogen) atoms. The second kappa shape index (κ2) is 6.23. The highest BCUT2D eigenvalue weighted by Crippen LogP contribution is 2.28. The topological polar surface area (TPSA) is 28.2 Å². The molecule has 0 spiro atoms. The Morgan fingerprint density at radius 2 is 2.21 bits per heavy atom. The van der Waals surface area contributed by atoms with Crippen LogP contribution in [0.5, 0.6) is 0 Å². The fourth-order valence-corrected chi connectivity index (χ4v) is 3.49. The SMILES string of the molecule is CCc1csc(N2CCCCC2CNC(C)(C)C)n1. The monoisotopic (exact) mass is 281 g/mol. The van der Waals surface area contributed by atoms with Crippen molar-refractivity contribution in [1.82, 2.24) is 10.3 Å². The molecule has 4 heteroatoms. The molecule has 108 valence electrons. The number of hydrogen-bond donors (Lipinski definition) is 1. The molecule has 1 aromatic heterocycles. The maximum absolute atomic E-state index is 4.76. The van der Waals surface area contributed by atoms with Crippen LogP contribution in [0.4, 0.5) is 5.13 Å². The summed E-state index contributed by atoms with van der Waals surface area (Å²) in [6.07, 6.45) is 4.96. The zero-order valence-electron chi connectivity index (χ0n) is 12.7. The molecule has 0 bridgehead atoms. The summed E-state index contributed by atoms with van der Waals surface area (Å²) >= 11 is 1.80. The molecule has 1 aliphatic rings. The largest absolute Gasteiger partial charge is 0.344 e. The van der Waals surface area contributed by atoms with E-state index in [1.165, 1.54) is 30.1 Å². The van der Waals surface area contributed by atoms with Gasteiger partial charge in [-0.2, -0.15) is 0 Å². The second-order valence-electron chi connectivity index (χ2n) is 6.45. The highest BCUT2D eigenvalue weighted by atomic mass is 32.1. The number of aromatic nitrogens is 1. The highest BCUT2D eigenvalue weighted by molar-refractivity contribution is 7.13. The molecule has 1 atom stereocenters. The lowest BCUT2D eigenvalue weighted by Gasteiger charge is -2.37. The molecule has 1 N–H and O–H groups in total. The van der Waals surface area contributed by atoms with Crippen molar-refractivity contribution in [2.45, 2.75) is 65.0 Å². The van der Waals surface area contributed by atoms with Gasteiger partial charge >= 0.3 is 0 Å². The van der Waals surface area contributed by atoms with E-state index in [1.54, 1.807) is 11.3 Å². The Kier molecular flexibility index (Phi) is 4.85. The summed E-state index contributed by atoms with van der Waals surface area (Å²) in [5.41, 5.74) is 1.42. The smallest absolute Gasteiger partial charge is 0.185 e. The molecular weight excluding hydrogens is 254 g/mol. The van der Waals surface area contributed by atoms with Crippen molar-refractivity contribution >= 4 is 16.5 Å². The molecule has 1 aliphatic heterocycles. The zero-order chi connectivity index (χ0) is 13.9. The number of nitrogens with zero attached hydrogens (tertiary/aromatic N) is 2. The van der Waals surface area contributed by atoms with Gasteiger partial charge in [-0.25, -0.2) is 4.98 Å². The molecule has 1 unspecified atom stereocenters. The predicted octanol–water partition coefficient (Wildman–Crippen LogP) is 3.45. The third kappa shape index (κ3) is 4.18. The predicted molar refractivity (Wildman–Crippen MR) is 84.2 cm³/mol. The van der Waals surface area contributed by atoms with Crippen molar-refractivity contribution in [1.29, 1.82) is 0 Å². The number of nitrogens with one attached hydrogen (secondary N) is 1. The van der Waals surface area contributed by atoms with Gasteiger partial charge in [0, 0.05) is 30.1 Å². The van der Waals surface area contributed by atoms with Gasteiger partial charge in [0.05, 0.1) is 5.69 Å². The Balaban J connectivity index is 2.03. The standard InChI is InChI=1S/C15H27N3S/c1-5-12-11-19-14(17-12)18-9-7-6-8-13(18)10-16-15(2,3)4/h11,13,16H,5-10H2,1-4H3. The summed E-state index contributed by atoms with van der Waals surface area (Å²) in [4.78, 5) is 7.28. The fourth-order valence-electron chi connectivity index (χ4n) is 2.48. The first-order chi connectivity index (χ1) is 8.99. The van der Waals surface area contributed by atoms with E-state index in [-0.39, 0.29) is 5.54 Å². The summed E-state index contributed by atoms with van der Waals surface area (Å²) in [7, 11) is 0. The van der Waals surface area contributed by atoms with Crippen LogP contribution in [0.3, 0.4) is 0 Å². The van der Waals surface area contributed by atoms with Gasteiger partial charge in [-0.3, -0.25) is 0 Å². The molecule has 1 fully saturated rings. The highest BCUT2D eigenvalue weighted by Gasteiger charge is 2.25. The maximum Gasteiger partial charge on any atom is 0.185 e. The van der Waals surface area contributed by atoms with Crippen LogP contribution in [0.15, 0.2) is 5.38 Å². The van der Waals surface area contributed by atoms with Gasteiger partial charge < -0.3 is 10.2 Å². The molecule has 1 aromatic rings. The van der Waals surface area contributed by atoms with E-state index < -0.39 is 0 Å². The lowest BCUT2D eigenvalue weighted by molar-refractivity contribution is 0.366. The zero-order valence-corrected chi connectivity index (χ0v) is 13.5. The van der Waals surface area contributed by atoms with Crippen molar-refractivity contribution in [3.8, 4) is 0 Å². The van der Waals surface area contributed by atoms with Crippen molar-refractivity contribution in [2.24, 2.45) is 0 Å². The van der Waals surface area contributed by atoms with E-state index in [0.717, 1.165) is 19.5 Å². The summed E-state index contributed by atoms with van der Waals surface area (Å²) in [6, 6.07) is 0.601. The van der Waals surface area contributed by atoms with E-state index >= 15 is 0 Å². The Hall–Kier alpha value is -0.610. The lowest BCUT2D eigenvalue weighted by Crippen LogP contribution is -2.49. The Morgan fingerprint density at radius 3 is 2.84 bits per heavy atom. The van der Waals surface area contributed by atoms with Gasteiger partial charge in [0.2, 0.25) is 0 Å². The Labute approximate surface area is 121 Å². The first-order valence-corrected chi connectivity index (χ1v) is 8.33. The molecule has 2 rings (SSSR count). The molecular formula is C15H27N3S. The number of aryl methyl sites for hydroxylation is 1. The van der Waals surface area contributed by atoms with Gasteiger partial charge in [-0.15, -0.1) is 11.3 Å². The quantitative estimate of drug-likeness (QED) is 0.916. The molecule has 0 aromatic carbocycles. The van der Waals surface area contributed by atoms with Gasteiger partial charge in [-0.05, 0) is 46.5 Å². The average Bonchev–Trinajstić information content (AvgIpc) is 2.84. The van der Waals surface area contributed by atoms with Crippen LogP contribution in [0.2, 0.25) is 0 Å². The molecule has 1 saturated heterocycles. The van der Waals surface area contributed by atoms with Crippen molar-refractivity contribution in [2.75, 3.05) is 18.0 Å². The summed E-state index contributed by atoms with van der Waals surface area (Å²) in [6.45, 7) is 11.1. The summed E-state index contributed by atoms with van der Waals surface area (Å²) in [5, 5.41) is 7.07. The minimum atomic E-state index is 0.195. The van der Waals surface area contributed by atoms with Crippen LogP contribution in [0.1, 0.15) is 52.7 Å². The van der Waals surface area contributed by atoms with Gasteiger partial charge in [-0.1, -0.05) is 6.92 Å². The first-order valence-electron chi connectivity index (χ1n) is 7.45. The van der Waals surface area contributed by atoms with Gasteiger partial charge in [0.25, 0.3) is 0 Å². The van der Waals surface area contributed by atoms with Crippen LogP contribution >= 0.6 is 11.3 Å². The van der Waals surface area contributed by atoms with E-state index in [1.807, 2.05) is 0 Å². The minimum Gasteiger partial charge on any atom is -0.344 e. The molecule has 2 heterocycles. The molecule has 0 amide bonds. The Morgan fingerprint density at radius 1 is 1.42 bits per heavy atom. The maximum atomic E-state index is 4.76. The fraction of sp³-hybridized carbons (Fsp3) is 0.800. The van der Waals surface area contributed by atoms with E-state index in [0.29, 0.717) is 6.04 Å². The van der Waals surface area contributed by atoms with Gasteiger partial charge in [0.15, 0.2) is 5.13 Å². The van der Waals surface area contributed by atoms with Crippen LogP contribution in [-0.2, 0) is 6.42 Å². The normalized spacial score (nSPS) is 20.8. The minimum absolute atomic E-state index is 0.195. The van der Waals surface area contributed by atoms with E-state index in [2.05, 4.69) is 43.3 Å². The number of anilines is 1. The summed E-state index contributed by atoms with van der Waals surface area (Å²) in [5.74, 6) is 0. The van der Waals surface area contributed by atoms with Crippen LogP contribution < -0.4 is 10.2 Å². The summed E-state index contributed by atoms with van der Waals surface area (Å²) < 4.78 is 0.